The van der Waals surface area contributed by atoms with Gasteiger partial charge < -0.3 is 14.2 Å². The molecule has 0 spiro atoms. The average Bonchev–Trinajstić information content (AvgIpc) is 2.52. The molecule has 0 amide bonds. The highest BCUT2D eigenvalue weighted by Crippen LogP contribution is 2.27. The van der Waals surface area contributed by atoms with E-state index < -0.39 is 4.92 Å². The van der Waals surface area contributed by atoms with E-state index >= 15 is 0 Å². The van der Waals surface area contributed by atoms with E-state index in [1.807, 2.05) is 6.92 Å². The Kier molecular flexibility index (Phi) is 6.57. The van der Waals surface area contributed by atoms with Crippen molar-refractivity contribution in [3.63, 3.8) is 0 Å². The third-order valence-corrected chi connectivity index (χ3v) is 3.45. The summed E-state index contributed by atoms with van der Waals surface area (Å²) in [4.78, 5) is 12.8. The van der Waals surface area contributed by atoms with Gasteiger partial charge in [0.1, 0.15) is 6.61 Å². The van der Waals surface area contributed by atoms with Gasteiger partial charge in [0, 0.05) is 25.7 Å². The van der Waals surface area contributed by atoms with E-state index in [2.05, 4.69) is 4.90 Å². The summed E-state index contributed by atoms with van der Waals surface area (Å²) in [6.07, 6.45) is 0. The molecule has 0 aliphatic carbocycles. The van der Waals surface area contributed by atoms with Crippen LogP contribution in [0.1, 0.15) is 5.56 Å². The van der Waals surface area contributed by atoms with Crippen molar-refractivity contribution in [2.75, 3.05) is 52.7 Å². The van der Waals surface area contributed by atoms with Crippen LogP contribution in [0.25, 0.3) is 0 Å². The molecule has 0 N–H and O–H groups in total. The molecule has 0 bridgehead atoms. The van der Waals surface area contributed by atoms with Crippen LogP contribution in [-0.4, -0.2) is 62.5 Å². The number of nitrogens with zero attached hydrogens (tertiary/aromatic N) is 2. The molecule has 1 aromatic carbocycles. The highest BCUT2D eigenvalue weighted by Gasteiger charge is 2.15. The van der Waals surface area contributed by atoms with Gasteiger partial charge in [-0.15, -0.1) is 0 Å². The Morgan fingerprint density at radius 3 is 2.77 bits per heavy atom. The molecule has 0 atom stereocenters. The molecule has 1 saturated heterocycles. The summed E-state index contributed by atoms with van der Waals surface area (Å²) in [7, 11) is 0. The minimum Gasteiger partial charge on any atom is -0.484 e. The lowest BCUT2D eigenvalue weighted by atomic mass is 10.2. The maximum atomic E-state index is 11.0. The van der Waals surface area contributed by atoms with Gasteiger partial charge >= 0.3 is 5.69 Å². The second-order valence-electron chi connectivity index (χ2n) is 5.14. The highest BCUT2D eigenvalue weighted by atomic mass is 16.6. The lowest BCUT2D eigenvalue weighted by molar-refractivity contribution is -0.385. The van der Waals surface area contributed by atoms with Crippen LogP contribution in [0.2, 0.25) is 0 Å². The average molecular weight is 310 g/mol. The zero-order chi connectivity index (χ0) is 15.8. The van der Waals surface area contributed by atoms with Gasteiger partial charge in [-0.3, -0.25) is 15.0 Å². The molecule has 1 heterocycles. The number of nitro benzene ring substituents is 1. The van der Waals surface area contributed by atoms with Gasteiger partial charge in [-0.25, -0.2) is 0 Å². The maximum absolute atomic E-state index is 11.0. The first-order chi connectivity index (χ1) is 10.7. The maximum Gasteiger partial charge on any atom is 0.311 e. The monoisotopic (exact) mass is 310 g/mol. The van der Waals surface area contributed by atoms with E-state index in [-0.39, 0.29) is 11.4 Å². The number of hydrogen-bond acceptors (Lipinski definition) is 6. The SMILES string of the molecule is Cc1ccc(OCCOCCN2CCOCC2)c([N+](=O)[O-])c1. The largest absolute Gasteiger partial charge is 0.484 e. The van der Waals surface area contributed by atoms with Crippen molar-refractivity contribution >= 4 is 5.69 Å². The smallest absolute Gasteiger partial charge is 0.311 e. The van der Waals surface area contributed by atoms with Crippen LogP contribution in [-0.2, 0) is 9.47 Å². The van der Waals surface area contributed by atoms with Crippen LogP contribution in [0.5, 0.6) is 5.75 Å². The van der Waals surface area contributed by atoms with Crippen LogP contribution in [0.15, 0.2) is 18.2 Å². The van der Waals surface area contributed by atoms with Gasteiger partial charge in [-0.05, 0) is 18.6 Å². The number of nitro groups is 1. The lowest BCUT2D eigenvalue weighted by Gasteiger charge is -2.26. The molecule has 0 aromatic heterocycles. The van der Waals surface area contributed by atoms with Crippen molar-refractivity contribution in [1.29, 1.82) is 0 Å². The van der Waals surface area contributed by atoms with E-state index in [9.17, 15) is 10.1 Å². The van der Waals surface area contributed by atoms with Crippen LogP contribution in [0, 0.1) is 17.0 Å². The summed E-state index contributed by atoms with van der Waals surface area (Å²) >= 11 is 0. The van der Waals surface area contributed by atoms with E-state index in [1.54, 1.807) is 12.1 Å². The number of morpholine rings is 1. The Hall–Kier alpha value is -1.70. The van der Waals surface area contributed by atoms with Crippen LogP contribution < -0.4 is 4.74 Å². The van der Waals surface area contributed by atoms with Crippen LogP contribution >= 0.6 is 0 Å². The Labute approximate surface area is 129 Å². The van der Waals surface area contributed by atoms with Crippen molar-refractivity contribution in [3.8, 4) is 5.75 Å². The molecule has 122 valence electrons. The number of benzene rings is 1. The fraction of sp³-hybridized carbons (Fsp3) is 0.600. The van der Waals surface area contributed by atoms with Gasteiger partial charge in [0.05, 0.1) is 31.4 Å². The van der Waals surface area contributed by atoms with Gasteiger partial charge in [0.2, 0.25) is 0 Å². The molecule has 1 aromatic rings. The fourth-order valence-electron chi connectivity index (χ4n) is 2.22. The third kappa shape index (κ3) is 5.25. The minimum atomic E-state index is -0.429. The van der Waals surface area contributed by atoms with E-state index in [4.69, 9.17) is 14.2 Å². The summed E-state index contributed by atoms with van der Waals surface area (Å²) in [5.74, 6) is 0.285. The quantitative estimate of drug-likeness (QED) is 0.413. The minimum absolute atomic E-state index is 0.00619. The zero-order valence-corrected chi connectivity index (χ0v) is 12.8. The number of hydrogen-bond donors (Lipinski definition) is 0. The Balaban J connectivity index is 1.65. The summed E-state index contributed by atoms with van der Waals surface area (Å²) in [5, 5.41) is 11.0. The molecule has 7 heteroatoms. The van der Waals surface area contributed by atoms with Crippen LogP contribution in [0.4, 0.5) is 5.69 Å². The van der Waals surface area contributed by atoms with Crippen molar-refractivity contribution in [2.45, 2.75) is 6.92 Å². The molecule has 22 heavy (non-hydrogen) atoms. The molecule has 1 aliphatic rings. The normalized spacial score (nSPS) is 15.7. The van der Waals surface area contributed by atoms with Crippen molar-refractivity contribution < 1.29 is 19.1 Å². The lowest BCUT2D eigenvalue weighted by Crippen LogP contribution is -2.38. The first kappa shape index (κ1) is 16.7. The van der Waals surface area contributed by atoms with Gasteiger partial charge in [-0.2, -0.15) is 0 Å². The van der Waals surface area contributed by atoms with Gasteiger partial charge in [0.25, 0.3) is 0 Å². The van der Waals surface area contributed by atoms with Gasteiger partial charge in [-0.1, -0.05) is 6.07 Å². The predicted molar refractivity (Wildman–Crippen MR) is 81.4 cm³/mol. The first-order valence-electron chi connectivity index (χ1n) is 7.42. The predicted octanol–water partition coefficient (Wildman–Crippen LogP) is 1.63. The van der Waals surface area contributed by atoms with Crippen molar-refractivity contribution in [2.24, 2.45) is 0 Å². The molecule has 0 radical (unpaired) electrons. The molecule has 2 rings (SSSR count). The number of rotatable bonds is 8. The molecule has 1 aliphatic heterocycles. The molecule has 0 unspecified atom stereocenters. The Morgan fingerprint density at radius 2 is 2.05 bits per heavy atom. The Bertz CT molecular complexity index is 489. The highest BCUT2D eigenvalue weighted by molar-refractivity contribution is 5.48. The number of aryl methyl sites for hydroxylation is 1. The standard InChI is InChI=1S/C15H22N2O5/c1-13-2-3-15(14(12-13)17(18)19)22-11-10-21-9-6-16-4-7-20-8-5-16/h2-3,12H,4-11H2,1H3. The summed E-state index contributed by atoms with van der Waals surface area (Å²) < 4.78 is 16.2. The molecule has 7 nitrogen and oxygen atoms in total. The topological polar surface area (TPSA) is 74.1 Å². The van der Waals surface area contributed by atoms with E-state index in [0.29, 0.717) is 19.8 Å². The van der Waals surface area contributed by atoms with Crippen molar-refractivity contribution in [3.05, 3.63) is 33.9 Å². The third-order valence-electron chi connectivity index (χ3n) is 3.45. The summed E-state index contributed by atoms with van der Waals surface area (Å²) in [6, 6.07) is 4.93. The molecule has 1 fully saturated rings. The summed E-state index contributed by atoms with van der Waals surface area (Å²) in [6.45, 7) is 7.45. The van der Waals surface area contributed by atoms with E-state index in [1.165, 1.54) is 6.07 Å². The van der Waals surface area contributed by atoms with Crippen LogP contribution in [0.3, 0.4) is 0 Å². The van der Waals surface area contributed by atoms with Gasteiger partial charge in [0.15, 0.2) is 5.75 Å². The summed E-state index contributed by atoms with van der Waals surface area (Å²) in [5.41, 5.74) is 0.828. The first-order valence-corrected chi connectivity index (χ1v) is 7.42. The zero-order valence-electron chi connectivity index (χ0n) is 12.8. The second kappa shape index (κ2) is 8.67. The molecular weight excluding hydrogens is 288 g/mol. The second-order valence-corrected chi connectivity index (χ2v) is 5.14. The number of ether oxygens (including phenoxy) is 3. The fourth-order valence-corrected chi connectivity index (χ4v) is 2.22. The van der Waals surface area contributed by atoms with E-state index in [0.717, 1.165) is 38.4 Å². The Morgan fingerprint density at radius 1 is 1.27 bits per heavy atom. The van der Waals surface area contributed by atoms with Crippen molar-refractivity contribution in [1.82, 2.24) is 4.90 Å². The molecular formula is C15H22N2O5. The molecule has 0 saturated carbocycles.